The monoisotopic (exact) mass is 284 g/mol. The van der Waals surface area contributed by atoms with Crippen LogP contribution in [0, 0.1) is 0 Å². The smallest absolute Gasteiger partial charge is 0.321 e. The van der Waals surface area contributed by atoms with Crippen LogP contribution in [-0.2, 0) is 0 Å². The third-order valence-electron chi connectivity index (χ3n) is 2.66. The third kappa shape index (κ3) is 2.39. The first-order valence-electron chi connectivity index (χ1n) is 5.64. The van der Waals surface area contributed by atoms with Crippen LogP contribution in [-0.4, -0.2) is 32.8 Å². The van der Waals surface area contributed by atoms with Gasteiger partial charge in [0.1, 0.15) is 11.0 Å². The van der Waals surface area contributed by atoms with E-state index < -0.39 is 0 Å². The number of rotatable bonds is 3. The second-order valence-corrected chi connectivity index (χ2v) is 4.59. The second kappa shape index (κ2) is 5.49. The van der Waals surface area contributed by atoms with Gasteiger partial charge < -0.3 is 10.2 Å². The van der Waals surface area contributed by atoms with E-state index in [1.54, 1.807) is 17.0 Å². The van der Waals surface area contributed by atoms with Crippen LogP contribution in [0.2, 0.25) is 5.02 Å². The van der Waals surface area contributed by atoms with Crippen LogP contribution in [0.25, 0.3) is 11.0 Å². The summed E-state index contributed by atoms with van der Waals surface area (Å²) in [6.07, 6.45) is 0. The molecule has 7 heteroatoms. The number of nitrogens with one attached hydrogen (secondary N) is 1. The van der Waals surface area contributed by atoms with Crippen molar-refractivity contribution in [1.82, 2.24) is 13.6 Å². The molecule has 2 rings (SSSR count). The van der Waals surface area contributed by atoms with Crippen molar-refractivity contribution >= 4 is 46.1 Å². The number of anilines is 1. The van der Waals surface area contributed by atoms with E-state index in [1.165, 1.54) is 0 Å². The third-order valence-corrected chi connectivity index (χ3v) is 3.52. The van der Waals surface area contributed by atoms with Gasteiger partial charge in [0.15, 0.2) is 0 Å². The zero-order valence-corrected chi connectivity index (χ0v) is 11.7. The van der Waals surface area contributed by atoms with Gasteiger partial charge in [0.2, 0.25) is 0 Å². The summed E-state index contributed by atoms with van der Waals surface area (Å²) >= 11 is 7.20. The summed E-state index contributed by atoms with van der Waals surface area (Å²) in [5.41, 5.74) is 1.90. The number of aromatic nitrogens is 2. The molecular formula is C11H13ClN4OS. The van der Waals surface area contributed by atoms with Gasteiger partial charge >= 0.3 is 6.03 Å². The molecular weight excluding hydrogens is 272 g/mol. The Kier molecular flexibility index (Phi) is 3.98. The highest BCUT2D eigenvalue weighted by molar-refractivity contribution is 7.00. The predicted octanol–water partition coefficient (Wildman–Crippen LogP) is 3.22. The molecule has 0 saturated carbocycles. The van der Waals surface area contributed by atoms with Gasteiger partial charge in [-0.1, -0.05) is 11.6 Å². The van der Waals surface area contributed by atoms with Crippen molar-refractivity contribution < 1.29 is 4.79 Å². The van der Waals surface area contributed by atoms with Crippen molar-refractivity contribution in [2.75, 3.05) is 18.4 Å². The summed E-state index contributed by atoms with van der Waals surface area (Å²) in [5.74, 6) is 0. The fourth-order valence-corrected chi connectivity index (χ4v) is 2.38. The summed E-state index contributed by atoms with van der Waals surface area (Å²) in [4.78, 5) is 13.7. The Bertz CT molecular complexity index is 567. The molecule has 0 atom stereocenters. The summed E-state index contributed by atoms with van der Waals surface area (Å²) in [6.45, 7) is 5.14. The molecule has 1 N–H and O–H groups in total. The molecule has 0 aliphatic heterocycles. The number of halogens is 1. The Morgan fingerprint density at radius 1 is 1.39 bits per heavy atom. The van der Waals surface area contributed by atoms with E-state index in [2.05, 4.69) is 14.1 Å². The fraction of sp³-hybridized carbons (Fsp3) is 0.364. The first-order valence-corrected chi connectivity index (χ1v) is 6.74. The average Bonchev–Trinajstić information content (AvgIpc) is 2.83. The van der Waals surface area contributed by atoms with E-state index in [-0.39, 0.29) is 6.03 Å². The van der Waals surface area contributed by atoms with Crippen LogP contribution in [0.15, 0.2) is 12.1 Å². The molecule has 0 aliphatic carbocycles. The molecule has 1 heterocycles. The van der Waals surface area contributed by atoms with E-state index >= 15 is 0 Å². The van der Waals surface area contributed by atoms with E-state index in [0.29, 0.717) is 29.3 Å². The molecule has 0 unspecified atom stereocenters. The normalized spacial score (nSPS) is 10.6. The van der Waals surface area contributed by atoms with Crippen LogP contribution in [0.5, 0.6) is 0 Å². The molecule has 1 aromatic heterocycles. The van der Waals surface area contributed by atoms with Crippen LogP contribution in [0.3, 0.4) is 0 Å². The zero-order valence-electron chi connectivity index (χ0n) is 10.1. The van der Waals surface area contributed by atoms with Gasteiger partial charge in [0.25, 0.3) is 0 Å². The molecule has 0 spiro atoms. The number of amides is 2. The highest BCUT2D eigenvalue weighted by Gasteiger charge is 2.15. The Hall–Kier alpha value is -1.40. The van der Waals surface area contributed by atoms with Gasteiger partial charge in [-0.05, 0) is 26.0 Å². The van der Waals surface area contributed by atoms with Crippen molar-refractivity contribution in [3.8, 4) is 0 Å². The molecule has 18 heavy (non-hydrogen) atoms. The number of nitrogens with zero attached hydrogens (tertiary/aromatic N) is 3. The molecule has 96 valence electrons. The second-order valence-electron chi connectivity index (χ2n) is 3.66. The van der Waals surface area contributed by atoms with Crippen LogP contribution in [0.4, 0.5) is 10.5 Å². The molecule has 0 radical (unpaired) electrons. The first kappa shape index (κ1) is 13.0. The van der Waals surface area contributed by atoms with E-state index in [9.17, 15) is 4.79 Å². The minimum atomic E-state index is -0.178. The lowest BCUT2D eigenvalue weighted by Gasteiger charge is -2.19. The maximum atomic E-state index is 12.0. The molecule has 0 saturated heterocycles. The summed E-state index contributed by atoms with van der Waals surface area (Å²) in [5, 5.41) is 3.27. The number of benzene rings is 1. The lowest BCUT2D eigenvalue weighted by atomic mass is 10.2. The van der Waals surface area contributed by atoms with Crippen LogP contribution < -0.4 is 5.32 Å². The number of fused-ring (bicyclic) bond motifs is 1. The molecule has 1 aromatic carbocycles. The molecule has 0 aliphatic rings. The number of carbonyl (C=O) groups excluding carboxylic acids is 1. The molecule has 5 nitrogen and oxygen atoms in total. The largest absolute Gasteiger partial charge is 0.325 e. The number of hydrogen-bond donors (Lipinski definition) is 1. The summed E-state index contributed by atoms with van der Waals surface area (Å²) in [7, 11) is 0. The maximum Gasteiger partial charge on any atom is 0.321 e. The lowest BCUT2D eigenvalue weighted by Crippen LogP contribution is -2.34. The Morgan fingerprint density at radius 3 is 2.78 bits per heavy atom. The number of urea groups is 1. The maximum absolute atomic E-state index is 12.0. The number of carbonyl (C=O) groups is 1. The molecule has 0 bridgehead atoms. The van der Waals surface area contributed by atoms with Crippen LogP contribution >= 0.6 is 23.3 Å². The van der Waals surface area contributed by atoms with Crippen molar-refractivity contribution in [2.24, 2.45) is 0 Å². The standard InChI is InChI=1S/C11H13ClN4OS/c1-3-16(4-2)11(17)13-9-7(12)5-6-8-10(9)15-18-14-8/h5-6H,3-4H2,1-2H3,(H,13,17). The SMILES string of the molecule is CCN(CC)C(=O)Nc1c(Cl)ccc2nsnc12. The summed E-state index contributed by atoms with van der Waals surface area (Å²) in [6, 6.07) is 3.32. The van der Waals surface area contributed by atoms with Crippen molar-refractivity contribution in [2.45, 2.75) is 13.8 Å². The van der Waals surface area contributed by atoms with Crippen molar-refractivity contribution in [1.29, 1.82) is 0 Å². The highest BCUT2D eigenvalue weighted by atomic mass is 35.5. The quantitative estimate of drug-likeness (QED) is 0.941. The van der Waals surface area contributed by atoms with Gasteiger partial charge in [0.05, 0.1) is 22.4 Å². The number of hydrogen-bond acceptors (Lipinski definition) is 4. The average molecular weight is 285 g/mol. The van der Waals surface area contributed by atoms with Crippen molar-refractivity contribution in [3.05, 3.63) is 17.2 Å². The Labute approximate surface area is 114 Å². The Balaban J connectivity index is 2.33. The van der Waals surface area contributed by atoms with E-state index in [4.69, 9.17) is 11.6 Å². The van der Waals surface area contributed by atoms with Gasteiger partial charge in [-0.2, -0.15) is 8.75 Å². The van der Waals surface area contributed by atoms with Gasteiger partial charge in [0, 0.05) is 13.1 Å². The van der Waals surface area contributed by atoms with E-state index in [0.717, 1.165) is 17.2 Å². The lowest BCUT2D eigenvalue weighted by molar-refractivity contribution is 0.217. The summed E-state index contributed by atoms with van der Waals surface area (Å²) < 4.78 is 8.28. The van der Waals surface area contributed by atoms with Crippen LogP contribution in [0.1, 0.15) is 13.8 Å². The molecule has 2 amide bonds. The fourth-order valence-electron chi connectivity index (χ4n) is 1.64. The van der Waals surface area contributed by atoms with Gasteiger partial charge in [-0.25, -0.2) is 4.79 Å². The predicted molar refractivity (Wildman–Crippen MR) is 74.4 cm³/mol. The minimum absolute atomic E-state index is 0.178. The van der Waals surface area contributed by atoms with Crippen molar-refractivity contribution in [3.63, 3.8) is 0 Å². The van der Waals surface area contributed by atoms with E-state index in [1.807, 2.05) is 13.8 Å². The topological polar surface area (TPSA) is 58.1 Å². The first-order chi connectivity index (χ1) is 8.67. The molecule has 0 fully saturated rings. The minimum Gasteiger partial charge on any atom is -0.325 e. The van der Waals surface area contributed by atoms with Gasteiger partial charge in [-0.15, -0.1) is 0 Å². The highest BCUT2D eigenvalue weighted by Crippen LogP contribution is 2.30. The zero-order chi connectivity index (χ0) is 13.1. The van der Waals surface area contributed by atoms with Gasteiger partial charge in [-0.3, -0.25) is 0 Å². The molecule has 2 aromatic rings. The Morgan fingerprint density at radius 2 is 2.11 bits per heavy atom.